The second-order valence-corrected chi connectivity index (χ2v) is 11.3. The van der Waals surface area contributed by atoms with Crippen LogP contribution < -0.4 is 9.47 Å². The van der Waals surface area contributed by atoms with Gasteiger partial charge < -0.3 is 9.47 Å². The average molecular weight is 593 g/mol. The normalized spacial score (nSPS) is 15.4. The maximum absolute atomic E-state index is 11.1. The van der Waals surface area contributed by atoms with E-state index in [0.717, 1.165) is 29.5 Å². The molecule has 0 atom stereocenters. The summed E-state index contributed by atoms with van der Waals surface area (Å²) in [5.74, 6) is 8.09. The molecule has 0 spiro atoms. The number of hydrogen-bond acceptors (Lipinski definition) is 4. The quantitative estimate of drug-likeness (QED) is 0.0731. The fourth-order valence-electron chi connectivity index (χ4n) is 5.40. The van der Waals surface area contributed by atoms with Crippen molar-refractivity contribution in [3.8, 4) is 23.3 Å². The summed E-state index contributed by atoms with van der Waals surface area (Å²) in [6.45, 7) is 11.3. The first-order valence-electron chi connectivity index (χ1n) is 15.9. The number of carbonyl (C=O) groups is 2. The lowest BCUT2D eigenvalue weighted by Gasteiger charge is -2.28. The lowest BCUT2D eigenvalue weighted by Crippen LogP contribution is -2.13. The van der Waals surface area contributed by atoms with Crippen LogP contribution in [0.25, 0.3) is 0 Å². The molecule has 4 nitrogen and oxygen atoms in total. The third kappa shape index (κ3) is 12.1. The van der Waals surface area contributed by atoms with Gasteiger partial charge in [0, 0.05) is 24.7 Å². The highest BCUT2D eigenvalue weighted by atomic mass is 16.5. The number of unbranched alkanes of at least 4 members (excludes halogenated alkanes) is 2. The minimum absolute atomic E-state index is 0. The minimum Gasteiger partial charge on any atom is -0.423 e. The van der Waals surface area contributed by atoms with Crippen LogP contribution in [0.2, 0.25) is 0 Å². The molecule has 1 saturated carbocycles. The molecular formula is C40H48O4. The Hall–Kier alpha value is -4.36. The van der Waals surface area contributed by atoms with Crippen LogP contribution in [-0.4, -0.2) is 11.9 Å². The Morgan fingerprint density at radius 1 is 0.727 bits per heavy atom. The number of hydrogen-bond donors (Lipinski definition) is 0. The van der Waals surface area contributed by atoms with Crippen LogP contribution in [0.5, 0.6) is 11.5 Å². The Morgan fingerprint density at radius 3 is 1.70 bits per heavy atom. The van der Waals surface area contributed by atoms with Gasteiger partial charge in [0.2, 0.25) is 0 Å². The van der Waals surface area contributed by atoms with Crippen molar-refractivity contribution in [2.45, 2.75) is 84.0 Å². The molecule has 4 heteroatoms. The molecule has 3 aromatic rings. The summed E-state index contributed by atoms with van der Waals surface area (Å²) in [6.07, 6.45) is 15.2. The Labute approximate surface area is 265 Å². The van der Waals surface area contributed by atoms with Crippen LogP contribution in [0.1, 0.15) is 101 Å². The first-order valence-corrected chi connectivity index (χ1v) is 15.9. The fraction of sp³-hybridized carbons (Fsp3) is 0.350. The van der Waals surface area contributed by atoms with Crippen LogP contribution in [0.4, 0.5) is 0 Å². The molecule has 0 N–H and O–H groups in total. The predicted molar refractivity (Wildman–Crippen MR) is 182 cm³/mol. The van der Waals surface area contributed by atoms with E-state index in [2.05, 4.69) is 75.2 Å². The summed E-state index contributed by atoms with van der Waals surface area (Å²) in [6, 6.07) is 23.5. The Balaban J connectivity index is 0.000000311. The fourth-order valence-corrected chi connectivity index (χ4v) is 5.40. The number of benzene rings is 3. The van der Waals surface area contributed by atoms with Gasteiger partial charge in [-0.15, -0.1) is 0 Å². The van der Waals surface area contributed by atoms with Crippen LogP contribution in [-0.2, 0) is 16.0 Å². The van der Waals surface area contributed by atoms with E-state index in [0.29, 0.717) is 17.4 Å². The summed E-state index contributed by atoms with van der Waals surface area (Å²) in [4.78, 5) is 22.2. The molecule has 232 valence electrons. The Morgan fingerprint density at radius 2 is 1.23 bits per heavy atom. The van der Waals surface area contributed by atoms with Gasteiger partial charge in [-0.3, -0.25) is 0 Å². The Bertz CT molecular complexity index is 1390. The molecule has 1 fully saturated rings. The molecule has 44 heavy (non-hydrogen) atoms. The Kier molecular flexibility index (Phi) is 14.8. The highest BCUT2D eigenvalue weighted by Gasteiger charge is 2.21. The second-order valence-electron chi connectivity index (χ2n) is 11.3. The first-order chi connectivity index (χ1) is 21.4. The second kappa shape index (κ2) is 19.0. The highest BCUT2D eigenvalue weighted by Crippen LogP contribution is 2.37. The monoisotopic (exact) mass is 592 g/mol. The van der Waals surface area contributed by atoms with Crippen LogP contribution in [0, 0.1) is 17.8 Å². The smallest absolute Gasteiger partial charge is 0.335 e. The van der Waals surface area contributed by atoms with Gasteiger partial charge in [0.15, 0.2) is 0 Å². The van der Waals surface area contributed by atoms with Crippen molar-refractivity contribution in [3.05, 3.63) is 120 Å². The number of rotatable bonds is 11. The van der Waals surface area contributed by atoms with Gasteiger partial charge in [-0.25, -0.2) is 9.59 Å². The molecule has 0 aromatic heterocycles. The largest absolute Gasteiger partial charge is 0.423 e. The lowest BCUT2D eigenvalue weighted by molar-refractivity contribution is -0.129. The van der Waals surface area contributed by atoms with Crippen molar-refractivity contribution in [3.63, 3.8) is 0 Å². The van der Waals surface area contributed by atoms with E-state index < -0.39 is 11.9 Å². The van der Waals surface area contributed by atoms with Crippen molar-refractivity contribution in [2.24, 2.45) is 5.92 Å². The van der Waals surface area contributed by atoms with Gasteiger partial charge in [-0.1, -0.05) is 88.8 Å². The van der Waals surface area contributed by atoms with Crippen LogP contribution in [0.15, 0.2) is 98.1 Å². The highest BCUT2D eigenvalue weighted by molar-refractivity contribution is 5.83. The van der Waals surface area contributed by atoms with Gasteiger partial charge in [-0.2, -0.15) is 0 Å². The van der Waals surface area contributed by atoms with Crippen LogP contribution in [0.3, 0.4) is 0 Å². The molecule has 1 aliphatic rings. The summed E-state index contributed by atoms with van der Waals surface area (Å²) in [5, 5.41) is 0. The maximum Gasteiger partial charge on any atom is 0.335 e. The van der Waals surface area contributed by atoms with E-state index in [1.165, 1.54) is 75.0 Å². The minimum atomic E-state index is -0.465. The zero-order valence-electron chi connectivity index (χ0n) is 26.4. The van der Waals surface area contributed by atoms with Gasteiger partial charge >= 0.3 is 11.9 Å². The third-order valence-electron chi connectivity index (χ3n) is 7.89. The van der Waals surface area contributed by atoms with E-state index in [1.807, 2.05) is 24.3 Å². The molecule has 4 rings (SSSR count). The summed E-state index contributed by atoms with van der Waals surface area (Å²) < 4.78 is 10.1. The standard InChI is InChI=1S/C22H22O2.C18H24O2.H2/c1-3-5-6-7-18-8-10-19(11-9-18)12-13-20-14-16-21(17-15-20)24-22(23)4-2;1-3-5-14-6-8-15(9-7-14)16-10-12-17(13-11-16)20-18(19)4-2;/h4,8-11,14-17H,2-3,5-7H2,1H3;4,10-15H,2-3,5-9H2,1H3;1H. The molecule has 0 unspecified atom stereocenters. The molecule has 0 saturated heterocycles. The van der Waals surface area contributed by atoms with Crippen molar-refractivity contribution >= 4 is 11.9 Å². The first kappa shape index (κ1) is 34.1. The SMILES string of the molecule is C=CC(=O)Oc1ccc(C#Cc2ccc(CCCCC)cc2)cc1.C=CC(=O)Oc1ccc(C2CCC(CCC)CC2)cc1.[HH]. The van der Waals surface area contributed by atoms with E-state index in [-0.39, 0.29) is 1.43 Å². The zero-order valence-corrected chi connectivity index (χ0v) is 26.4. The van der Waals surface area contributed by atoms with E-state index in [9.17, 15) is 9.59 Å². The van der Waals surface area contributed by atoms with Gasteiger partial charge in [0.1, 0.15) is 11.5 Å². The number of carbonyl (C=O) groups excluding carboxylic acids is 2. The maximum atomic E-state index is 11.1. The molecule has 1 aliphatic carbocycles. The van der Waals surface area contributed by atoms with Crippen LogP contribution >= 0.6 is 0 Å². The summed E-state index contributed by atoms with van der Waals surface area (Å²) >= 11 is 0. The van der Waals surface area contributed by atoms with E-state index >= 15 is 0 Å². The van der Waals surface area contributed by atoms with Crippen molar-refractivity contribution < 1.29 is 20.5 Å². The zero-order chi connectivity index (χ0) is 31.6. The van der Waals surface area contributed by atoms with Crippen molar-refractivity contribution in [1.82, 2.24) is 0 Å². The topological polar surface area (TPSA) is 52.6 Å². The molecule has 0 aliphatic heterocycles. The third-order valence-corrected chi connectivity index (χ3v) is 7.89. The molecule has 3 aromatic carbocycles. The van der Waals surface area contributed by atoms with Crippen molar-refractivity contribution in [2.75, 3.05) is 0 Å². The van der Waals surface area contributed by atoms with Gasteiger partial charge in [-0.05, 0) is 110 Å². The number of ether oxygens (including phenoxy) is 2. The molecule has 0 heterocycles. The average Bonchev–Trinajstić information content (AvgIpc) is 3.06. The van der Waals surface area contributed by atoms with Crippen molar-refractivity contribution in [1.29, 1.82) is 0 Å². The molecule has 0 radical (unpaired) electrons. The number of esters is 2. The van der Waals surface area contributed by atoms with Gasteiger partial charge in [0.05, 0.1) is 0 Å². The van der Waals surface area contributed by atoms with E-state index in [4.69, 9.17) is 9.47 Å². The molecule has 0 amide bonds. The molecule has 0 bridgehead atoms. The predicted octanol–water partition coefficient (Wildman–Crippen LogP) is 10.0. The summed E-state index contributed by atoms with van der Waals surface area (Å²) in [5.41, 5.74) is 4.61. The van der Waals surface area contributed by atoms with E-state index in [1.54, 1.807) is 12.1 Å². The molecular weight excluding hydrogens is 544 g/mol. The summed E-state index contributed by atoms with van der Waals surface area (Å²) in [7, 11) is 0. The number of aryl methyl sites for hydroxylation is 1. The lowest BCUT2D eigenvalue weighted by atomic mass is 9.77. The van der Waals surface area contributed by atoms with Gasteiger partial charge in [0.25, 0.3) is 0 Å².